The third kappa shape index (κ3) is 3.42. The highest BCUT2D eigenvalue weighted by molar-refractivity contribution is 6.21. The highest BCUT2D eigenvalue weighted by Gasteiger charge is 2.09. The summed E-state index contributed by atoms with van der Waals surface area (Å²) in [7, 11) is 0. The van der Waals surface area contributed by atoms with Gasteiger partial charge in [-0.25, -0.2) is 0 Å². The molecule has 1 aromatic rings. The summed E-state index contributed by atoms with van der Waals surface area (Å²) in [4.78, 5) is 0. The Morgan fingerprint density at radius 2 is 1.80 bits per heavy atom. The molecular formula is C13H20ClN. The summed E-state index contributed by atoms with van der Waals surface area (Å²) in [6, 6.07) is 8.82. The lowest BCUT2D eigenvalue weighted by atomic mass is 10.1. The van der Waals surface area contributed by atoms with Gasteiger partial charge < -0.3 is 5.32 Å². The van der Waals surface area contributed by atoms with Crippen LogP contribution in [0.3, 0.4) is 0 Å². The average Bonchev–Trinajstić information content (AvgIpc) is 2.26. The highest BCUT2D eigenvalue weighted by Crippen LogP contribution is 2.27. The van der Waals surface area contributed by atoms with Gasteiger partial charge >= 0.3 is 0 Å². The van der Waals surface area contributed by atoms with Crippen LogP contribution in [-0.2, 0) is 0 Å². The summed E-state index contributed by atoms with van der Waals surface area (Å²) in [5, 5.41) is 3.60. The van der Waals surface area contributed by atoms with Gasteiger partial charge in [0.2, 0.25) is 0 Å². The Bertz CT molecular complexity index is 292. The molecule has 0 aliphatic carbocycles. The first-order valence-electron chi connectivity index (χ1n) is 5.68. The van der Waals surface area contributed by atoms with E-state index in [9.17, 15) is 0 Å². The molecule has 0 radical (unpaired) electrons. The summed E-state index contributed by atoms with van der Waals surface area (Å²) >= 11 is 6.14. The van der Waals surface area contributed by atoms with Crippen molar-refractivity contribution in [3.8, 4) is 0 Å². The molecule has 1 atom stereocenters. The van der Waals surface area contributed by atoms with Crippen molar-refractivity contribution in [1.29, 1.82) is 0 Å². The second-order valence-electron chi connectivity index (χ2n) is 3.86. The smallest absolute Gasteiger partial charge is 0.0577 e. The van der Waals surface area contributed by atoms with Crippen molar-refractivity contribution < 1.29 is 0 Å². The van der Waals surface area contributed by atoms with Crippen molar-refractivity contribution in [2.75, 3.05) is 5.32 Å². The van der Waals surface area contributed by atoms with Crippen molar-refractivity contribution in [2.24, 2.45) is 0 Å². The van der Waals surface area contributed by atoms with Crippen LogP contribution in [0.25, 0.3) is 0 Å². The Balaban J connectivity index is 2.83. The first kappa shape index (κ1) is 12.4. The normalized spacial score (nSPS) is 12.9. The number of halogens is 1. The van der Waals surface area contributed by atoms with Crippen LogP contribution in [0.4, 0.5) is 5.69 Å². The van der Waals surface area contributed by atoms with Crippen LogP contribution in [0, 0.1) is 0 Å². The van der Waals surface area contributed by atoms with Gasteiger partial charge in [-0.2, -0.15) is 0 Å². The molecule has 1 nitrogen and oxygen atoms in total. The topological polar surface area (TPSA) is 12.0 Å². The molecule has 0 saturated carbocycles. The van der Waals surface area contributed by atoms with Crippen molar-refractivity contribution >= 4 is 17.3 Å². The molecule has 0 spiro atoms. The van der Waals surface area contributed by atoms with Gasteiger partial charge in [-0.3, -0.25) is 0 Å². The van der Waals surface area contributed by atoms with Crippen molar-refractivity contribution in [1.82, 2.24) is 0 Å². The van der Waals surface area contributed by atoms with Crippen molar-refractivity contribution in [3.05, 3.63) is 29.8 Å². The standard InChI is InChI=1S/C13H20ClN/c1-4-11(5-2)15-13-9-7-6-8-12(13)10(3)14/h6-11,15H,4-5H2,1-3H3. The number of nitrogens with one attached hydrogen (secondary N) is 1. The molecule has 0 aromatic heterocycles. The van der Waals surface area contributed by atoms with Crippen LogP contribution in [0.15, 0.2) is 24.3 Å². The second kappa shape index (κ2) is 6.02. The lowest BCUT2D eigenvalue weighted by molar-refractivity contribution is 0.670. The zero-order valence-electron chi connectivity index (χ0n) is 9.76. The lowest BCUT2D eigenvalue weighted by Crippen LogP contribution is -2.18. The lowest BCUT2D eigenvalue weighted by Gasteiger charge is -2.19. The number of hydrogen-bond acceptors (Lipinski definition) is 1. The molecule has 0 amide bonds. The number of rotatable bonds is 5. The minimum absolute atomic E-state index is 0.0584. The fourth-order valence-corrected chi connectivity index (χ4v) is 1.88. The zero-order valence-corrected chi connectivity index (χ0v) is 10.5. The summed E-state index contributed by atoms with van der Waals surface area (Å²) in [6.45, 7) is 6.41. The average molecular weight is 226 g/mol. The fourth-order valence-electron chi connectivity index (χ4n) is 1.69. The molecule has 1 aromatic carbocycles. The fraction of sp³-hybridized carbons (Fsp3) is 0.538. The maximum absolute atomic E-state index is 6.14. The van der Waals surface area contributed by atoms with Crippen LogP contribution in [0.2, 0.25) is 0 Å². The Kier molecular flexibility index (Phi) is 4.97. The van der Waals surface area contributed by atoms with Crippen LogP contribution < -0.4 is 5.32 Å². The van der Waals surface area contributed by atoms with Crippen LogP contribution in [0.5, 0.6) is 0 Å². The summed E-state index contributed by atoms with van der Waals surface area (Å²) in [5.74, 6) is 0. The van der Waals surface area contributed by atoms with Gasteiger partial charge in [-0.1, -0.05) is 32.0 Å². The van der Waals surface area contributed by atoms with Crippen LogP contribution in [0.1, 0.15) is 44.6 Å². The molecule has 15 heavy (non-hydrogen) atoms. The molecule has 1 N–H and O–H groups in total. The quantitative estimate of drug-likeness (QED) is 0.723. The molecule has 0 aliphatic heterocycles. The zero-order chi connectivity index (χ0) is 11.3. The maximum atomic E-state index is 6.14. The number of alkyl halides is 1. The van der Waals surface area contributed by atoms with E-state index in [1.807, 2.05) is 19.1 Å². The summed E-state index contributed by atoms with van der Waals surface area (Å²) in [5.41, 5.74) is 2.36. The van der Waals surface area contributed by atoms with Crippen molar-refractivity contribution in [2.45, 2.75) is 45.0 Å². The van der Waals surface area contributed by atoms with E-state index in [0.717, 1.165) is 12.8 Å². The minimum atomic E-state index is 0.0584. The first-order chi connectivity index (χ1) is 7.19. The SMILES string of the molecule is CCC(CC)Nc1ccccc1C(C)Cl. The predicted octanol–water partition coefficient (Wildman–Crippen LogP) is 4.59. The molecule has 1 rings (SSSR count). The van der Waals surface area contributed by atoms with Crippen LogP contribution >= 0.6 is 11.6 Å². The van der Waals surface area contributed by atoms with E-state index in [1.165, 1.54) is 11.3 Å². The monoisotopic (exact) mass is 225 g/mol. The Morgan fingerprint density at radius 3 is 2.33 bits per heavy atom. The number of anilines is 1. The van der Waals surface area contributed by atoms with E-state index in [0.29, 0.717) is 6.04 Å². The number of benzene rings is 1. The molecule has 0 heterocycles. The minimum Gasteiger partial charge on any atom is -0.382 e. The molecule has 0 bridgehead atoms. The molecule has 1 unspecified atom stereocenters. The van der Waals surface area contributed by atoms with Crippen molar-refractivity contribution in [3.63, 3.8) is 0 Å². The Morgan fingerprint density at radius 1 is 1.20 bits per heavy atom. The van der Waals surface area contributed by atoms with E-state index in [4.69, 9.17) is 11.6 Å². The van der Waals surface area contributed by atoms with Gasteiger partial charge in [0.05, 0.1) is 5.38 Å². The third-order valence-electron chi connectivity index (χ3n) is 2.73. The van der Waals surface area contributed by atoms with Gasteiger partial charge in [0.25, 0.3) is 0 Å². The third-order valence-corrected chi connectivity index (χ3v) is 2.97. The van der Waals surface area contributed by atoms with E-state index >= 15 is 0 Å². The van der Waals surface area contributed by atoms with Gasteiger partial charge in [0.15, 0.2) is 0 Å². The summed E-state index contributed by atoms with van der Waals surface area (Å²) in [6.07, 6.45) is 2.28. The molecule has 0 aliphatic rings. The Labute approximate surface area is 97.8 Å². The van der Waals surface area contributed by atoms with Gasteiger partial charge in [0.1, 0.15) is 0 Å². The van der Waals surface area contributed by atoms with Gasteiger partial charge in [-0.05, 0) is 31.4 Å². The van der Waals surface area contributed by atoms with E-state index in [1.54, 1.807) is 0 Å². The van der Waals surface area contributed by atoms with E-state index in [-0.39, 0.29) is 5.38 Å². The number of hydrogen-bond donors (Lipinski definition) is 1. The molecule has 84 valence electrons. The van der Waals surface area contributed by atoms with Gasteiger partial charge in [-0.15, -0.1) is 11.6 Å². The van der Waals surface area contributed by atoms with E-state index in [2.05, 4.69) is 31.3 Å². The maximum Gasteiger partial charge on any atom is 0.0577 e. The summed E-state index contributed by atoms with van der Waals surface area (Å²) < 4.78 is 0. The number of para-hydroxylation sites is 1. The van der Waals surface area contributed by atoms with E-state index < -0.39 is 0 Å². The predicted molar refractivity (Wildman–Crippen MR) is 68.7 cm³/mol. The molecule has 2 heteroatoms. The Hall–Kier alpha value is -0.690. The second-order valence-corrected chi connectivity index (χ2v) is 4.52. The van der Waals surface area contributed by atoms with Crippen LogP contribution in [-0.4, -0.2) is 6.04 Å². The van der Waals surface area contributed by atoms with Gasteiger partial charge in [0, 0.05) is 11.7 Å². The molecule has 0 fully saturated rings. The first-order valence-corrected chi connectivity index (χ1v) is 6.12. The molecule has 0 saturated heterocycles. The molecular weight excluding hydrogens is 206 g/mol. The largest absolute Gasteiger partial charge is 0.382 e. The highest BCUT2D eigenvalue weighted by atomic mass is 35.5.